The first-order valence-corrected chi connectivity index (χ1v) is 9.93. The van der Waals surface area contributed by atoms with E-state index in [1.54, 1.807) is 20.8 Å². The van der Waals surface area contributed by atoms with Gasteiger partial charge in [0.05, 0.1) is 18.7 Å². The lowest BCUT2D eigenvalue weighted by Gasteiger charge is -2.23. The number of aliphatic hydroxyl groups excluding tert-OH is 1. The molecule has 10 heteroatoms. The van der Waals surface area contributed by atoms with Crippen molar-refractivity contribution in [2.45, 2.75) is 26.8 Å². The molecule has 0 radical (unpaired) electrons. The third-order valence-electron chi connectivity index (χ3n) is 5.54. The van der Waals surface area contributed by atoms with Crippen molar-refractivity contribution in [1.29, 1.82) is 0 Å². The van der Waals surface area contributed by atoms with Crippen molar-refractivity contribution in [3.05, 3.63) is 75.6 Å². The Balaban J connectivity index is 1.99. The molecule has 1 saturated heterocycles. The van der Waals surface area contributed by atoms with Crippen molar-refractivity contribution in [3.63, 3.8) is 0 Å². The van der Waals surface area contributed by atoms with Gasteiger partial charge in [-0.25, -0.2) is 9.18 Å². The number of carbonyl (C=O) groups is 3. The van der Waals surface area contributed by atoms with Gasteiger partial charge in [-0.3, -0.25) is 14.5 Å². The number of aliphatic hydroxyl groups is 1. The number of hydrogen-bond acceptors (Lipinski definition) is 7. The van der Waals surface area contributed by atoms with Gasteiger partial charge in [0, 0.05) is 17.3 Å². The van der Waals surface area contributed by atoms with Crippen LogP contribution in [-0.4, -0.2) is 40.0 Å². The first-order chi connectivity index (χ1) is 15.6. The Morgan fingerprint density at radius 2 is 1.97 bits per heavy atom. The number of methoxy groups -OCH3 is 1. The summed E-state index contributed by atoms with van der Waals surface area (Å²) in [5.41, 5.74) is 0.958. The predicted octanol–water partition coefficient (Wildman–Crippen LogP) is 3.48. The van der Waals surface area contributed by atoms with E-state index in [9.17, 15) is 23.9 Å². The number of anilines is 1. The van der Waals surface area contributed by atoms with Crippen LogP contribution in [0.4, 0.5) is 10.2 Å². The number of aromatic amines is 1. The van der Waals surface area contributed by atoms with Crippen LogP contribution in [-0.2, 0) is 14.3 Å². The van der Waals surface area contributed by atoms with Crippen molar-refractivity contribution in [3.8, 4) is 0 Å². The number of nitrogens with zero attached hydrogens (tertiary/aromatic N) is 2. The highest BCUT2D eigenvalue weighted by Gasteiger charge is 2.48. The lowest BCUT2D eigenvalue weighted by Crippen LogP contribution is -2.29. The van der Waals surface area contributed by atoms with Gasteiger partial charge in [0.25, 0.3) is 5.78 Å². The van der Waals surface area contributed by atoms with Gasteiger partial charge in [-0.2, -0.15) is 0 Å². The highest BCUT2D eigenvalue weighted by molar-refractivity contribution is 6.51. The van der Waals surface area contributed by atoms with Crippen molar-refractivity contribution >= 4 is 29.2 Å². The molecular formula is C23H20FN3O6. The molecule has 4 rings (SSSR count). The summed E-state index contributed by atoms with van der Waals surface area (Å²) in [4.78, 5) is 42.1. The van der Waals surface area contributed by atoms with Gasteiger partial charge in [-0.1, -0.05) is 17.3 Å². The summed E-state index contributed by atoms with van der Waals surface area (Å²) in [6.07, 6.45) is 0. The molecule has 3 aromatic rings. The maximum Gasteiger partial charge on any atom is 0.354 e. The van der Waals surface area contributed by atoms with Crippen LogP contribution in [0.1, 0.15) is 44.7 Å². The molecule has 0 aliphatic carbocycles. The molecule has 33 heavy (non-hydrogen) atoms. The van der Waals surface area contributed by atoms with Crippen LogP contribution in [0, 0.1) is 26.6 Å². The highest BCUT2D eigenvalue weighted by Crippen LogP contribution is 2.43. The number of H-pyrrole nitrogens is 1. The third kappa shape index (κ3) is 3.49. The number of amides is 1. The molecule has 0 saturated carbocycles. The van der Waals surface area contributed by atoms with Gasteiger partial charge in [0.1, 0.15) is 23.0 Å². The number of benzene rings is 1. The van der Waals surface area contributed by atoms with Crippen LogP contribution in [0.2, 0.25) is 0 Å². The molecule has 9 nitrogen and oxygen atoms in total. The molecule has 1 aliphatic rings. The van der Waals surface area contributed by atoms with E-state index in [1.807, 2.05) is 0 Å². The lowest BCUT2D eigenvalue weighted by molar-refractivity contribution is -0.132. The van der Waals surface area contributed by atoms with Gasteiger partial charge in [-0.05, 0) is 44.0 Å². The molecule has 1 atom stereocenters. The van der Waals surface area contributed by atoms with Crippen molar-refractivity contribution < 1.29 is 33.1 Å². The molecule has 0 spiro atoms. The average Bonchev–Trinajstić information content (AvgIpc) is 3.41. The van der Waals surface area contributed by atoms with Gasteiger partial charge in [0.15, 0.2) is 5.82 Å². The summed E-state index contributed by atoms with van der Waals surface area (Å²) in [6.45, 7) is 4.78. The second-order valence-electron chi connectivity index (χ2n) is 7.64. The highest BCUT2D eigenvalue weighted by atomic mass is 19.1. The lowest BCUT2D eigenvalue weighted by atomic mass is 9.94. The number of esters is 1. The number of nitrogens with one attached hydrogen (secondary N) is 1. The van der Waals surface area contributed by atoms with Crippen molar-refractivity contribution in [2.24, 2.45) is 0 Å². The predicted molar refractivity (Wildman–Crippen MR) is 114 cm³/mol. The fraction of sp³-hybridized carbons (Fsp3) is 0.217. The zero-order valence-electron chi connectivity index (χ0n) is 18.2. The Hall–Kier alpha value is -4.21. The van der Waals surface area contributed by atoms with E-state index in [4.69, 9.17) is 9.26 Å². The number of aromatic nitrogens is 2. The minimum atomic E-state index is -1.18. The molecule has 2 aromatic heterocycles. The van der Waals surface area contributed by atoms with Crippen molar-refractivity contribution in [2.75, 3.05) is 12.0 Å². The zero-order chi connectivity index (χ0) is 24.0. The average molecular weight is 453 g/mol. The van der Waals surface area contributed by atoms with E-state index in [0.29, 0.717) is 17.0 Å². The number of halogens is 1. The molecule has 1 fully saturated rings. The standard InChI is InChI=1S/C23H20FN3O6/c1-10-8-15(26-33-10)27-19(13-6-5-7-14(24)9-13)17(21(29)22(27)30)20(28)16-11(2)18(23(31)32-4)25-12(16)3/h5-9,19,25,28H,1-4H3/b20-17+. The van der Waals surface area contributed by atoms with E-state index in [2.05, 4.69) is 10.1 Å². The summed E-state index contributed by atoms with van der Waals surface area (Å²) in [7, 11) is 1.22. The van der Waals surface area contributed by atoms with Crippen LogP contribution in [0.15, 0.2) is 40.4 Å². The molecule has 170 valence electrons. The number of hydrogen-bond donors (Lipinski definition) is 2. The van der Waals surface area contributed by atoms with Crippen LogP contribution in [0.25, 0.3) is 5.76 Å². The molecule has 0 bridgehead atoms. The number of ketones is 1. The monoisotopic (exact) mass is 453 g/mol. The Morgan fingerprint density at radius 3 is 2.58 bits per heavy atom. The number of carbonyl (C=O) groups excluding carboxylic acids is 3. The number of aryl methyl sites for hydroxylation is 2. The Morgan fingerprint density at radius 1 is 1.24 bits per heavy atom. The van der Waals surface area contributed by atoms with Gasteiger partial charge >= 0.3 is 11.9 Å². The topological polar surface area (TPSA) is 126 Å². The maximum absolute atomic E-state index is 14.1. The SMILES string of the molecule is COC(=O)c1[nH]c(C)c(/C(O)=C2\C(=O)C(=O)N(c3cc(C)on3)C2c2cccc(F)c2)c1C. The van der Waals surface area contributed by atoms with Gasteiger partial charge < -0.3 is 19.4 Å². The smallest absolute Gasteiger partial charge is 0.354 e. The third-order valence-corrected chi connectivity index (χ3v) is 5.54. The fourth-order valence-electron chi connectivity index (χ4n) is 4.07. The van der Waals surface area contributed by atoms with Crippen LogP contribution < -0.4 is 4.90 Å². The minimum absolute atomic E-state index is 0.0423. The normalized spacial score (nSPS) is 17.6. The van der Waals surface area contributed by atoms with E-state index >= 15 is 0 Å². The summed E-state index contributed by atoms with van der Waals surface area (Å²) < 4.78 is 23.9. The molecule has 1 aromatic carbocycles. The number of ether oxygens (including phenoxy) is 1. The molecule has 3 heterocycles. The van der Waals surface area contributed by atoms with E-state index < -0.39 is 35.3 Å². The van der Waals surface area contributed by atoms with Gasteiger partial charge in [0.2, 0.25) is 0 Å². The van der Waals surface area contributed by atoms with Crippen LogP contribution in [0.3, 0.4) is 0 Å². The van der Waals surface area contributed by atoms with E-state index in [1.165, 1.54) is 37.4 Å². The maximum atomic E-state index is 14.1. The Kier molecular flexibility index (Phi) is 5.36. The molecular weight excluding hydrogens is 433 g/mol. The minimum Gasteiger partial charge on any atom is -0.507 e. The number of Topliss-reactive ketones (excluding diaryl/α,β-unsaturated/α-hetero) is 1. The summed E-state index contributed by atoms with van der Waals surface area (Å²) >= 11 is 0. The van der Waals surface area contributed by atoms with Gasteiger partial charge in [-0.15, -0.1) is 0 Å². The Labute approximate surface area is 187 Å². The molecule has 1 aliphatic heterocycles. The van der Waals surface area contributed by atoms with Crippen molar-refractivity contribution in [1.82, 2.24) is 10.1 Å². The summed E-state index contributed by atoms with van der Waals surface area (Å²) in [5, 5.41) is 15.1. The molecule has 2 N–H and O–H groups in total. The van der Waals surface area contributed by atoms with E-state index in [-0.39, 0.29) is 28.2 Å². The summed E-state index contributed by atoms with van der Waals surface area (Å²) in [6, 6.07) is 5.63. The second-order valence-corrected chi connectivity index (χ2v) is 7.64. The largest absolute Gasteiger partial charge is 0.507 e. The quantitative estimate of drug-likeness (QED) is 0.268. The first kappa shape index (κ1) is 22.0. The first-order valence-electron chi connectivity index (χ1n) is 9.93. The van der Waals surface area contributed by atoms with Crippen LogP contribution in [0.5, 0.6) is 0 Å². The number of rotatable bonds is 4. The second kappa shape index (κ2) is 8.05. The molecule has 1 unspecified atom stereocenters. The van der Waals surface area contributed by atoms with Crippen LogP contribution >= 0.6 is 0 Å². The fourth-order valence-corrected chi connectivity index (χ4v) is 4.07. The summed E-state index contributed by atoms with van der Waals surface area (Å²) in [5.74, 6) is -3.26. The zero-order valence-corrected chi connectivity index (χ0v) is 18.2. The van der Waals surface area contributed by atoms with E-state index in [0.717, 1.165) is 4.90 Å². The molecule has 1 amide bonds. The Bertz CT molecular complexity index is 1340.